The summed E-state index contributed by atoms with van der Waals surface area (Å²) < 4.78 is 8.99. The summed E-state index contributed by atoms with van der Waals surface area (Å²) in [6.07, 6.45) is 8.25. The van der Waals surface area contributed by atoms with Crippen molar-refractivity contribution in [1.29, 1.82) is 0 Å². The minimum Gasteiger partial charge on any atom is -0.412 e. The number of hydrogen-bond acceptors (Lipinski definition) is 4. The molecule has 316 valence electrons. The zero-order valence-electron chi connectivity index (χ0n) is 34.7. The second-order valence-corrected chi connectivity index (χ2v) is 15.3. The van der Waals surface area contributed by atoms with Gasteiger partial charge in [-0.15, -0.1) is 34.0 Å². The Bertz CT molecular complexity index is 2780. The van der Waals surface area contributed by atoms with Crippen molar-refractivity contribution in [3.05, 3.63) is 217 Å². The summed E-state index contributed by atoms with van der Waals surface area (Å²) in [5.41, 5.74) is 37.5. The largest absolute Gasteiger partial charge is 0.412 e. The Hall–Kier alpha value is -6.92. The number of benzene rings is 6. The van der Waals surface area contributed by atoms with Crippen molar-refractivity contribution in [2.75, 3.05) is 22.9 Å². The van der Waals surface area contributed by atoms with Gasteiger partial charge in [-0.05, 0) is 36.4 Å². The maximum absolute atomic E-state index is 6.16. The molecule has 0 aliphatic carbocycles. The minimum atomic E-state index is 0. The molecule has 10 aromatic rings. The van der Waals surface area contributed by atoms with E-state index in [2.05, 4.69) is 164 Å². The molecule has 4 heterocycles. The summed E-state index contributed by atoms with van der Waals surface area (Å²) in [7, 11) is 0. The van der Waals surface area contributed by atoms with E-state index < -0.39 is 0 Å². The molecular weight excluding hydrogens is 912 g/mol. The molecule has 63 heavy (non-hydrogen) atoms. The lowest BCUT2D eigenvalue weighted by atomic mass is 10.1. The average molecular weight is 965 g/mol. The van der Waals surface area contributed by atoms with Crippen molar-refractivity contribution < 1.29 is 23.7 Å². The molecule has 10 N–H and O–H groups in total. The highest BCUT2D eigenvalue weighted by atomic mass is 79.9. The van der Waals surface area contributed by atoms with Crippen molar-refractivity contribution in [3.63, 3.8) is 0 Å². The summed E-state index contributed by atoms with van der Waals surface area (Å²) in [5.74, 6) is 0. The van der Waals surface area contributed by atoms with Crippen LogP contribution < -0.4 is 41.2 Å². The molecule has 0 aliphatic rings. The molecule has 0 spiro atoms. The molecule has 0 saturated heterocycles. The third-order valence-corrected chi connectivity index (χ3v) is 11.2. The topological polar surface area (TPSA) is 151 Å². The van der Waals surface area contributed by atoms with Gasteiger partial charge in [0.1, 0.15) is 0 Å². The molecule has 0 atom stereocenters. The second-order valence-electron chi connectivity index (χ2n) is 15.3. The number of nitrogen functional groups attached to an aromatic ring is 4. The fraction of sp³-hybridized carbons (Fsp3) is 0.0769. The standard InChI is InChI=1S/2C26H22N4.2BrH.H2O/c2*27-23-12-14-29(25-10-3-1-8-21(23)25)17-19-6-5-7-20(16-19)18-30-15-13-24(28)22-9-2-4-11-26(22)30;;;/h2*1-16,27-28H,17-18H2;2*1H;1H2/p+4. The quantitative estimate of drug-likeness (QED) is 0.114. The number of nitrogens with zero attached hydrogens (tertiary/aromatic N) is 4. The minimum absolute atomic E-state index is 0. The zero-order valence-corrected chi connectivity index (χ0v) is 38.1. The molecular formula is C52H52Br2N8O+4. The second kappa shape index (κ2) is 20.3. The van der Waals surface area contributed by atoms with Crippen LogP contribution in [0.3, 0.4) is 0 Å². The van der Waals surface area contributed by atoms with Crippen LogP contribution in [-0.4, -0.2) is 5.48 Å². The van der Waals surface area contributed by atoms with Crippen molar-refractivity contribution in [3.8, 4) is 0 Å². The van der Waals surface area contributed by atoms with E-state index in [0.29, 0.717) is 0 Å². The molecule has 10 rings (SSSR count). The number of pyridine rings is 4. The zero-order chi connectivity index (χ0) is 41.0. The van der Waals surface area contributed by atoms with Crippen LogP contribution in [0.4, 0.5) is 22.7 Å². The first-order valence-electron chi connectivity index (χ1n) is 20.2. The van der Waals surface area contributed by atoms with E-state index >= 15 is 0 Å². The Morgan fingerprint density at radius 1 is 0.286 bits per heavy atom. The van der Waals surface area contributed by atoms with Crippen LogP contribution in [0, 0.1) is 0 Å². The summed E-state index contributed by atoms with van der Waals surface area (Å²) in [6.45, 7) is 3.17. The Balaban J connectivity index is 0.000000200. The molecule has 6 aromatic carbocycles. The number of aromatic nitrogens is 4. The number of fused-ring (bicyclic) bond motifs is 4. The molecule has 9 nitrogen and oxygen atoms in total. The maximum atomic E-state index is 6.16. The molecule has 0 saturated carbocycles. The number of rotatable bonds is 8. The molecule has 0 radical (unpaired) electrons. The van der Waals surface area contributed by atoms with Gasteiger partial charge in [0.15, 0.2) is 51.0 Å². The van der Waals surface area contributed by atoms with Gasteiger partial charge in [-0.1, -0.05) is 84.9 Å². The summed E-state index contributed by atoms with van der Waals surface area (Å²) in [6, 6.07) is 58.5. The lowest BCUT2D eigenvalue weighted by Gasteiger charge is -2.06. The number of hydrogen-bond donors (Lipinski definition) is 4. The van der Waals surface area contributed by atoms with Gasteiger partial charge in [-0.3, -0.25) is 0 Å². The van der Waals surface area contributed by atoms with Gasteiger partial charge in [0.2, 0.25) is 22.1 Å². The highest BCUT2D eigenvalue weighted by molar-refractivity contribution is 8.93. The van der Waals surface area contributed by atoms with Crippen LogP contribution in [0.15, 0.2) is 195 Å². The Kier molecular flexibility index (Phi) is 14.7. The molecule has 11 heteroatoms. The fourth-order valence-electron chi connectivity index (χ4n) is 8.23. The van der Waals surface area contributed by atoms with E-state index in [9.17, 15) is 0 Å². The van der Waals surface area contributed by atoms with Crippen molar-refractivity contribution in [1.82, 2.24) is 0 Å². The Morgan fingerprint density at radius 2 is 0.508 bits per heavy atom. The van der Waals surface area contributed by atoms with Crippen LogP contribution >= 0.6 is 34.0 Å². The number of para-hydroxylation sites is 4. The van der Waals surface area contributed by atoms with Crippen LogP contribution in [0.2, 0.25) is 0 Å². The van der Waals surface area contributed by atoms with E-state index in [1.165, 1.54) is 22.3 Å². The number of nitrogens with two attached hydrogens (primary N) is 4. The highest BCUT2D eigenvalue weighted by Gasteiger charge is 2.17. The monoisotopic (exact) mass is 962 g/mol. The third-order valence-electron chi connectivity index (χ3n) is 11.2. The molecule has 0 unspecified atom stereocenters. The summed E-state index contributed by atoms with van der Waals surface area (Å²) in [5, 5.41) is 4.33. The first-order valence-corrected chi connectivity index (χ1v) is 20.2. The van der Waals surface area contributed by atoms with E-state index in [1.54, 1.807) is 0 Å². The van der Waals surface area contributed by atoms with Crippen molar-refractivity contribution in [2.45, 2.75) is 26.2 Å². The van der Waals surface area contributed by atoms with Gasteiger partial charge in [-0.2, -0.15) is 18.3 Å². The molecule has 0 bridgehead atoms. The lowest BCUT2D eigenvalue weighted by molar-refractivity contribution is -0.663. The molecule has 0 aliphatic heterocycles. The smallest absolute Gasteiger partial charge is 0.214 e. The summed E-state index contributed by atoms with van der Waals surface area (Å²) in [4.78, 5) is 0. The third kappa shape index (κ3) is 9.92. The van der Waals surface area contributed by atoms with E-state index in [1.807, 2.05) is 48.5 Å². The van der Waals surface area contributed by atoms with Gasteiger partial charge in [-0.25, -0.2) is 0 Å². The maximum Gasteiger partial charge on any atom is 0.214 e. The molecule has 0 amide bonds. The van der Waals surface area contributed by atoms with Crippen LogP contribution in [0.25, 0.3) is 43.6 Å². The van der Waals surface area contributed by atoms with E-state index in [-0.39, 0.29) is 39.4 Å². The highest BCUT2D eigenvalue weighted by Crippen LogP contribution is 2.21. The predicted molar refractivity (Wildman–Crippen MR) is 268 cm³/mol. The van der Waals surface area contributed by atoms with E-state index in [4.69, 9.17) is 22.9 Å². The molecule has 0 fully saturated rings. The normalized spacial score (nSPS) is 10.7. The van der Waals surface area contributed by atoms with Gasteiger partial charge in [0.25, 0.3) is 0 Å². The van der Waals surface area contributed by atoms with Crippen LogP contribution in [-0.2, 0) is 26.2 Å². The van der Waals surface area contributed by atoms with Crippen molar-refractivity contribution in [2.24, 2.45) is 0 Å². The predicted octanol–water partition coefficient (Wildman–Crippen LogP) is 7.99. The van der Waals surface area contributed by atoms with Gasteiger partial charge in [0.05, 0.1) is 44.3 Å². The van der Waals surface area contributed by atoms with Crippen LogP contribution in [0.5, 0.6) is 0 Å². The van der Waals surface area contributed by atoms with E-state index in [0.717, 1.165) is 92.5 Å². The van der Waals surface area contributed by atoms with Gasteiger partial charge >= 0.3 is 0 Å². The lowest BCUT2D eigenvalue weighted by Crippen LogP contribution is -2.36. The Labute approximate surface area is 387 Å². The van der Waals surface area contributed by atoms with Crippen molar-refractivity contribution >= 4 is 100 Å². The van der Waals surface area contributed by atoms with Crippen LogP contribution in [0.1, 0.15) is 22.3 Å². The first-order chi connectivity index (χ1) is 29.4. The first kappa shape index (κ1) is 45.6. The fourth-order valence-corrected chi connectivity index (χ4v) is 8.23. The van der Waals surface area contributed by atoms with Gasteiger partial charge in [0, 0.05) is 70.8 Å². The SMILES string of the molecule is Br.Br.Nc1cc[n+](Cc2cccc(C[n+]3ccc(N)c4ccccc43)c2)c2ccccc12.Nc1cc[n+](Cc2cccc(C[n+]3ccc(N)c4ccccc43)c2)c2ccccc12.O. The number of anilines is 4. The Morgan fingerprint density at radius 3 is 0.746 bits per heavy atom. The van der Waals surface area contributed by atoms with Gasteiger partial charge < -0.3 is 28.4 Å². The summed E-state index contributed by atoms with van der Waals surface area (Å²) >= 11 is 0. The molecule has 4 aromatic heterocycles. The number of halogens is 2. The average Bonchev–Trinajstić information content (AvgIpc) is 3.28.